The van der Waals surface area contributed by atoms with Crippen LogP contribution in [0.3, 0.4) is 0 Å². The Labute approximate surface area is 122 Å². The van der Waals surface area contributed by atoms with Crippen LogP contribution in [0, 0.1) is 0 Å². The van der Waals surface area contributed by atoms with E-state index in [1.165, 1.54) is 7.11 Å². The van der Waals surface area contributed by atoms with Crippen molar-refractivity contribution in [2.75, 3.05) is 13.7 Å². The van der Waals surface area contributed by atoms with Crippen LogP contribution in [-0.4, -0.2) is 54.1 Å². The van der Waals surface area contributed by atoms with Crippen molar-refractivity contribution in [2.45, 2.75) is 83.1 Å². The van der Waals surface area contributed by atoms with Gasteiger partial charge in [0.05, 0.1) is 5.60 Å². The summed E-state index contributed by atoms with van der Waals surface area (Å²) in [4.78, 5) is 0. The van der Waals surface area contributed by atoms with Gasteiger partial charge in [-0.3, -0.25) is 0 Å². The van der Waals surface area contributed by atoms with Crippen LogP contribution < -0.4 is 0 Å². The van der Waals surface area contributed by atoms with Gasteiger partial charge in [0, 0.05) is 13.7 Å². The second kappa shape index (κ2) is 8.29. The van der Waals surface area contributed by atoms with Crippen LogP contribution in [0.4, 0.5) is 0 Å². The van der Waals surface area contributed by atoms with E-state index >= 15 is 0 Å². The molecule has 0 spiro atoms. The molecule has 20 heavy (non-hydrogen) atoms. The largest absolute Gasteiger partial charge is 0.387 e. The van der Waals surface area contributed by atoms with Crippen molar-refractivity contribution in [1.82, 2.24) is 0 Å². The lowest BCUT2D eigenvalue weighted by Gasteiger charge is -2.39. The summed E-state index contributed by atoms with van der Waals surface area (Å²) in [5.41, 5.74) is -0.548. The second-order valence-corrected chi connectivity index (χ2v) is 5.56. The molecule has 120 valence electrons. The molecular formula is C15H30O5. The van der Waals surface area contributed by atoms with Crippen molar-refractivity contribution in [1.29, 1.82) is 0 Å². The average molecular weight is 290 g/mol. The van der Waals surface area contributed by atoms with Crippen LogP contribution in [0.15, 0.2) is 0 Å². The fourth-order valence-corrected chi connectivity index (χ4v) is 3.06. The number of hydrogen-bond acceptors (Lipinski definition) is 5. The van der Waals surface area contributed by atoms with Gasteiger partial charge in [-0.1, -0.05) is 33.6 Å². The van der Waals surface area contributed by atoms with Crippen molar-refractivity contribution in [2.24, 2.45) is 0 Å². The maximum atomic E-state index is 10.3. The number of aliphatic hydroxyl groups is 2. The molecule has 0 radical (unpaired) electrons. The van der Waals surface area contributed by atoms with Crippen LogP contribution in [0.1, 0.15) is 52.9 Å². The summed E-state index contributed by atoms with van der Waals surface area (Å²) in [5, 5.41) is 20.3. The molecule has 1 fully saturated rings. The minimum Gasteiger partial charge on any atom is -0.387 e. The molecule has 0 aromatic heterocycles. The summed E-state index contributed by atoms with van der Waals surface area (Å²) in [5.74, 6) is 0. The molecule has 2 N–H and O–H groups in total. The van der Waals surface area contributed by atoms with Gasteiger partial charge in [-0.25, -0.2) is 0 Å². The van der Waals surface area contributed by atoms with Crippen molar-refractivity contribution in [3.05, 3.63) is 0 Å². The highest BCUT2D eigenvalue weighted by atomic mass is 16.7. The standard InChI is InChI=1S/C15H30O5/c1-5-8-15(9-6-2,19-10-7-3)13-11(16)12(17)14(18-4)20-13/h11-14,16-17H,5-10H2,1-4H3/t11-,12+,13-,14-/m0/s1. The Morgan fingerprint density at radius 2 is 1.60 bits per heavy atom. The predicted octanol–water partition coefficient (Wildman–Crippen LogP) is 1.85. The number of hydrogen-bond donors (Lipinski definition) is 2. The molecule has 1 aliphatic heterocycles. The normalized spacial score (nSPS) is 30.9. The van der Waals surface area contributed by atoms with Gasteiger partial charge in [0.1, 0.15) is 18.3 Å². The number of methoxy groups -OCH3 is 1. The molecule has 0 amide bonds. The molecule has 1 saturated heterocycles. The summed E-state index contributed by atoms with van der Waals surface area (Å²) < 4.78 is 17.0. The van der Waals surface area contributed by atoms with Gasteiger partial charge in [0.2, 0.25) is 0 Å². The van der Waals surface area contributed by atoms with Crippen LogP contribution in [0.2, 0.25) is 0 Å². The molecule has 0 unspecified atom stereocenters. The van der Waals surface area contributed by atoms with Crippen molar-refractivity contribution in [3.8, 4) is 0 Å². The highest BCUT2D eigenvalue weighted by Gasteiger charge is 2.53. The molecule has 0 saturated carbocycles. The smallest absolute Gasteiger partial charge is 0.186 e. The van der Waals surface area contributed by atoms with Crippen LogP contribution >= 0.6 is 0 Å². The van der Waals surface area contributed by atoms with E-state index in [1.807, 2.05) is 0 Å². The molecule has 1 rings (SSSR count). The molecule has 5 nitrogen and oxygen atoms in total. The predicted molar refractivity (Wildman–Crippen MR) is 76.5 cm³/mol. The molecule has 4 atom stereocenters. The number of ether oxygens (including phenoxy) is 3. The average Bonchev–Trinajstić information content (AvgIpc) is 2.73. The van der Waals surface area contributed by atoms with E-state index in [-0.39, 0.29) is 0 Å². The molecule has 1 heterocycles. The summed E-state index contributed by atoms with van der Waals surface area (Å²) in [7, 11) is 1.47. The van der Waals surface area contributed by atoms with E-state index in [9.17, 15) is 10.2 Å². The highest BCUT2D eigenvalue weighted by molar-refractivity contribution is 5.00. The van der Waals surface area contributed by atoms with E-state index in [0.717, 1.165) is 32.1 Å². The Bertz CT molecular complexity index is 265. The van der Waals surface area contributed by atoms with Gasteiger partial charge >= 0.3 is 0 Å². The van der Waals surface area contributed by atoms with Gasteiger partial charge in [0.15, 0.2) is 6.29 Å². The van der Waals surface area contributed by atoms with Crippen molar-refractivity contribution >= 4 is 0 Å². The zero-order chi connectivity index (χ0) is 15.2. The zero-order valence-electron chi connectivity index (χ0n) is 13.2. The molecule has 0 bridgehead atoms. The fraction of sp³-hybridized carbons (Fsp3) is 1.00. The first kappa shape index (κ1) is 17.9. The lowest BCUT2D eigenvalue weighted by atomic mass is 9.83. The molecule has 0 aromatic carbocycles. The molecular weight excluding hydrogens is 260 g/mol. The van der Waals surface area contributed by atoms with Crippen LogP contribution in [0.25, 0.3) is 0 Å². The number of rotatable bonds is 9. The summed E-state index contributed by atoms with van der Waals surface area (Å²) in [6.07, 6.45) is 1.04. The monoisotopic (exact) mass is 290 g/mol. The third kappa shape index (κ3) is 3.71. The quantitative estimate of drug-likeness (QED) is 0.678. The van der Waals surface area contributed by atoms with E-state index in [0.29, 0.717) is 6.61 Å². The second-order valence-electron chi connectivity index (χ2n) is 5.56. The number of aliphatic hydroxyl groups excluding tert-OH is 2. The molecule has 0 aromatic rings. The zero-order valence-corrected chi connectivity index (χ0v) is 13.2. The van der Waals surface area contributed by atoms with Gasteiger partial charge in [0.25, 0.3) is 0 Å². The van der Waals surface area contributed by atoms with E-state index in [1.54, 1.807) is 0 Å². The minimum absolute atomic E-state index is 0.547. The van der Waals surface area contributed by atoms with Gasteiger partial charge < -0.3 is 24.4 Å². The van der Waals surface area contributed by atoms with Crippen LogP contribution in [-0.2, 0) is 14.2 Å². The summed E-state index contributed by atoms with van der Waals surface area (Å²) in [6.45, 7) is 6.86. The SMILES string of the molecule is CCCOC(CCC)(CCC)[C@H]1O[C@H](OC)[C@H](O)[C@@H]1O. The Morgan fingerprint density at radius 3 is 2.00 bits per heavy atom. The first-order chi connectivity index (χ1) is 9.56. The lowest BCUT2D eigenvalue weighted by molar-refractivity contribution is -0.206. The van der Waals surface area contributed by atoms with Gasteiger partial charge in [-0.15, -0.1) is 0 Å². The maximum Gasteiger partial charge on any atom is 0.186 e. The lowest BCUT2D eigenvalue weighted by Crippen LogP contribution is -2.51. The summed E-state index contributed by atoms with van der Waals surface area (Å²) >= 11 is 0. The van der Waals surface area contributed by atoms with E-state index in [4.69, 9.17) is 14.2 Å². The van der Waals surface area contributed by atoms with E-state index in [2.05, 4.69) is 20.8 Å². The Morgan fingerprint density at radius 1 is 1.00 bits per heavy atom. The van der Waals surface area contributed by atoms with Gasteiger partial charge in [-0.05, 0) is 19.3 Å². The Hall–Kier alpha value is -0.200. The third-order valence-electron chi connectivity index (χ3n) is 3.91. The van der Waals surface area contributed by atoms with Crippen molar-refractivity contribution in [3.63, 3.8) is 0 Å². The summed E-state index contributed by atoms with van der Waals surface area (Å²) in [6, 6.07) is 0. The van der Waals surface area contributed by atoms with Crippen LogP contribution in [0.5, 0.6) is 0 Å². The topological polar surface area (TPSA) is 68.2 Å². The first-order valence-electron chi connectivity index (χ1n) is 7.74. The Kier molecular flexibility index (Phi) is 7.40. The fourth-order valence-electron chi connectivity index (χ4n) is 3.06. The molecule has 0 aliphatic carbocycles. The Balaban J connectivity index is 2.95. The van der Waals surface area contributed by atoms with Crippen molar-refractivity contribution < 1.29 is 24.4 Å². The minimum atomic E-state index is -1.02. The van der Waals surface area contributed by atoms with Gasteiger partial charge in [-0.2, -0.15) is 0 Å². The molecule has 1 aliphatic rings. The highest BCUT2D eigenvalue weighted by Crippen LogP contribution is 2.38. The van der Waals surface area contributed by atoms with E-state index < -0.39 is 30.2 Å². The maximum absolute atomic E-state index is 10.3. The first-order valence-corrected chi connectivity index (χ1v) is 7.74. The molecule has 5 heteroatoms. The third-order valence-corrected chi connectivity index (χ3v) is 3.91.